The lowest BCUT2D eigenvalue weighted by Gasteiger charge is -2.04. The number of methoxy groups -OCH3 is 1. The summed E-state index contributed by atoms with van der Waals surface area (Å²) in [6.45, 7) is 4.14. The number of unbranched alkanes of at least 4 members (excludes halogenated alkanes) is 10. The van der Waals surface area contributed by atoms with Crippen LogP contribution in [-0.2, 0) is 14.3 Å². The Kier molecular flexibility index (Phi) is 19.5. The van der Waals surface area contributed by atoms with E-state index in [1.807, 2.05) is 0 Å². The van der Waals surface area contributed by atoms with Crippen molar-refractivity contribution in [3.8, 4) is 0 Å². The van der Waals surface area contributed by atoms with E-state index in [0.29, 0.717) is 6.42 Å². The summed E-state index contributed by atoms with van der Waals surface area (Å²) in [7, 11) is 1.44. The molecule has 0 radical (unpaired) electrons. The normalized spacial score (nSPS) is 11.2. The minimum atomic E-state index is -0.108. The first-order valence-corrected chi connectivity index (χ1v) is 10.1. The van der Waals surface area contributed by atoms with E-state index in [0.717, 1.165) is 32.5 Å². The highest BCUT2D eigenvalue weighted by atomic mass is 16.5. The molecule has 3 nitrogen and oxygen atoms in total. The van der Waals surface area contributed by atoms with Crippen LogP contribution in [0.3, 0.4) is 0 Å². The fraction of sp³-hybridized carbons (Fsp3) is 0.857. The maximum absolute atomic E-state index is 10.9. The predicted molar refractivity (Wildman–Crippen MR) is 102 cm³/mol. The molecule has 0 aliphatic carbocycles. The zero-order chi connectivity index (χ0) is 17.7. The van der Waals surface area contributed by atoms with Gasteiger partial charge in [-0.3, -0.25) is 4.79 Å². The Bertz CT molecular complexity index is 287. The van der Waals surface area contributed by atoms with Crippen LogP contribution < -0.4 is 0 Å². The molecule has 0 N–H and O–H groups in total. The van der Waals surface area contributed by atoms with Gasteiger partial charge in [-0.25, -0.2) is 0 Å². The zero-order valence-corrected chi connectivity index (χ0v) is 16.2. The summed E-state index contributed by atoms with van der Waals surface area (Å²) >= 11 is 0. The Labute approximate surface area is 150 Å². The third-order valence-electron chi connectivity index (χ3n) is 4.20. The van der Waals surface area contributed by atoms with Gasteiger partial charge in [0, 0.05) is 19.6 Å². The molecule has 0 unspecified atom stereocenters. The van der Waals surface area contributed by atoms with Gasteiger partial charge < -0.3 is 9.47 Å². The van der Waals surface area contributed by atoms with Crippen molar-refractivity contribution in [1.29, 1.82) is 0 Å². The lowest BCUT2D eigenvalue weighted by Crippen LogP contribution is -1.98. The Hall–Kier alpha value is -0.830. The van der Waals surface area contributed by atoms with Crippen LogP contribution in [0.5, 0.6) is 0 Å². The lowest BCUT2D eigenvalue weighted by molar-refractivity contribution is -0.140. The van der Waals surface area contributed by atoms with Crippen molar-refractivity contribution in [2.75, 3.05) is 20.3 Å². The van der Waals surface area contributed by atoms with Crippen molar-refractivity contribution in [3.63, 3.8) is 0 Å². The van der Waals surface area contributed by atoms with E-state index in [1.54, 1.807) is 0 Å². The van der Waals surface area contributed by atoms with E-state index in [2.05, 4.69) is 23.8 Å². The number of carbonyl (C=O) groups excluding carboxylic acids is 1. The molecule has 0 fully saturated rings. The fourth-order valence-electron chi connectivity index (χ4n) is 2.61. The second-order valence-corrected chi connectivity index (χ2v) is 6.52. The summed E-state index contributed by atoms with van der Waals surface area (Å²) in [5.41, 5.74) is 0. The first-order valence-electron chi connectivity index (χ1n) is 10.1. The van der Waals surface area contributed by atoms with Crippen LogP contribution in [0, 0.1) is 0 Å². The number of rotatable bonds is 18. The van der Waals surface area contributed by atoms with E-state index in [9.17, 15) is 4.79 Å². The molecular weight excluding hydrogens is 300 g/mol. The van der Waals surface area contributed by atoms with Crippen LogP contribution in [0.15, 0.2) is 12.2 Å². The number of hydrogen-bond donors (Lipinski definition) is 0. The minimum absolute atomic E-state index is 0.108. The van der Waals surface area contributed by atoms with Gasteiger partial charge in [0.1, 0.15) is 0 Å². The molecule has 0 rings (SSSR count). The van der Waals surface area contributed by atoms with Crippen LogP contribution in [0.2, 0.25) is 0 Å². The third kappa shape index (κ3) is 19.2. The van der Waals surface area contributed by atoms with Gasteiger partial charge in [0.2, 0.25) is 0 Å². The molecule has 0 heterocycles. The molecule has 0 aromatic rings. The van der Waals surface area contributed by atoms with E-state index in [4.69, 9.17) is 4.74 Å². The highest BCUT2D eigenvalue weighted by Crippen LogP contribution is 2.08. The number of allylic oxidation sites excluding steroid dienone is 2. The van der Waals surface area contributed by atoms with Gasteiger partial charge in [-0.05, 0) is 38.5 Å². The molecule has 3 heteroatoms. The molecule has 0 amide bonds. The quantitative estimate of drug-likeness (QED) is 0.169. The topological polar surface area (TPSA) is 35.5 Å². The molecule has 0 bridgehead atoms. The molecule has 0 atom stereocenters. The van der Waals surface area contributed by atoms with Gasteiger partial charge in [-0.2, -0.15) is 0 Å². The van der Waals surface area contributed by atoms with Gasteiger partial charge in [0.15, 0.2) is 0 Å². The van der Waals surface area contributed by atoms with Crippen molar-refractivity contribution < 1.29 is 14.3 Å². The van der Waals surface area contributed by atoms with Crippen molar-refractivity contribution in [3.05, 3.63) is 12.2 Å². The number of hydrogen-bond acceptors (Lipinski definition) is 3. The summed E-state index contributed by atoms with van der Waals surface area (Å²) in [6, 6.07) is 0. The molecular formula is C21H40O3. The summed E-state index contributed by atoms with van der Waals surface area (Å²) in [6.07, 6.45) is 21.0. The third-order valence-corrected chi connectivity index (χ3v) is 4.20. The van der Waals surface area contributed by atoms with Gasteiger partial charge in [-0.15, -0.1) is 0 Å². The molecule has 24 heavy (non-hydrogen) atoms. The van der Waals surface area contributed by atoms with Crippen molar-refractivity contribution in [2.45, 2.75) is 96.8 Å². The predicted octanol–water partition coefficient (Wildman–Crippen LogP) is 6.21. The summed E-state index contributed by atoms with van der Waals surface area (Å²) in [5, 5.41) is 0. The van der Waals surface area contributed by atoms with Crippen LogP contribution in [0.1, 0.15) is 96.8 Å². The SMILES string of the molecule is CCCCCCCOCCCCCCC/C=C\CCCC(=O)OC. The largest absolute Gasteiger partial charge is 0.469 e. The van der Waals surface area contributed by atoms with E-state index < -0.39 is 0 Å². The smallest absolute Gasteiger partial charge is 0.305 e. The maximum Gasteiger partial charge on any atom is 0.305 e. The average Bonchev–Trinajstić information content (AvgIpc) is 2.60. The van der Waals surface area contributed by atoms with Crippen molar-refractivity contribution in [2.24, 2.45) is 0 Å². The van der Waals surface area contributed by atoms with Gasteiger partial charge >= 0.3 is 5.97 Å². The molecule has 0 aromatic heterocycles. The monoisotopic (exact) mass is 340 g/mol. The average molecular weight is 341 g/mol. The molecule has 0 spiro atoms. The standard InChI is InChI=1S/C21H40O3/c1-3-4-5-13-16-19-24-20-17-14-11-9-7-6-8-10-12-15-18-21(22)23-2/h8,10H,3-7,9,11-20H2,1-2H3/b10-8-. The Morgan fingerprint density at radius 2 is 1.29 bits per heavy atom. The second-order valence-electron chi connectivity index (χ2n) is 6.52. The van der Waals surface area contributed by atoms with Crippen molar-refractivity contribution in [1.82, 2.24) is 0 Å². The number of ether oxygens (including phenoxy) is 2. The molecule has 0 aliphatic rings. The highest BCUT2D eigenvalue weighted by molar-refractivity contribution is 5.68. The highest BCUT2D eigenvalue weighted by Gasteiger charge is 1.97. The summed E-state index contributed by atoms with van der Waals surface area (Å²) in [5.74, 6) is -0.108. The second kappa shape index (κ2) is 20.2. The van der Waals surface area contributed by atoms with Gasteiger partial charge in [-0.1, -0.05) is 64.0 Å². The first kappa shape index (κ1) is 23.2. The Balaban J connectivity index is 3.08. The van der Waals surface area contributed by atoms with Crippen LogP contribution >= 0.6 is 0 Å². The lowest BCUT2D eigenvalue weighted by atomic mass is 10.1. The molecule has 0 saturated heterocycles. The van der Waals surface area contributed by atoms with E-state index in [1.165, 1.54) is 71.3 Å². The number of carbonyl (C=O) groups is 1. The van der Waals surface area contributed by atoms with E-state index in [-0.39, 0.29) is 5.97 Å². The van der Waals surface area contributed by atoms with Crippen LogP contribution in [0.25, 0.3) is 0 Å². The van der Waals surface area contributed by atoms with Gasteiger partial charge in [0.05, 0.1) is 7.11 Å². The van der Waals surface area contributed by atoms with E-state index >= 15 is 0 Å². The summed E-state index contributed by atoms with van der Waals surface area (Å²) < 4.78 is 10.3. The molecule has 0 aromatic carbocycles. The summed E-state index contributed by atoms with van der Waals surface area (Å²) in [4.78, 5) is 10.9. The fourth-order valence-corrected chi connectivity index (χ4v) is 2.61. The molecule has 142 valence electrons. The van der Waals surface area contributed by atoms with Crippen LogP contribution in [-0.4, -0.2) is 26.3 Å². The molecule has 0 aliphatic heterocycles. The van der Waals surface area contributed by atoms with Gasteiger partial charge in [0.25, 0.3) is 0 Å². The Morgan fingerprint density at radius 1 is 0.750 bits per heavy atom. The minimum Gasteiger partial charge on any atom is -0.469 e. The Morgan fingerprint density at radius 3 is 1.92 bits per heavy atom. The first-order chi connectivity index (χ1) is 11.8. The molecule has 0 saturated carbocycles. The van der Waals surface area contributed by atoms with Crippen molar-refractivity contribution >= 4 is 5.97 Å². The zero-order valence-electron chi connectivity index (χ0n) is 16.2. The van der Waals surface area contributed by atoms with Crippen LogP contribution in [0.4, 0.5) is 0 Å². The number of esters is 1. The maximum atomic E-state index is 10.9.